The Bertz CT molecular complexity index is 384. The molecule has 0 aromatic carbocycles. The summed E-state index contributed by atoms with van der Waals surface area (Å²) >= 11 is 0. The van der Waals surface area contributed by atoms with E-state index in [1.807, 2.05) is 13.8 Å². The van der Waals surface area contributed by atoms with Gasteiger partial charge in [-0.3, -0.25) is 4.57 Å². The van der Waals surface area contributed by atoms with E-state index in [0.29, 0.717) is 31.5 Å². The zero-order valence-electron chi connectivity index (χ0n) is 11.9. The van der Waals surface area contributed by atoms with E-state index >= 15 is 0 Å². The first-order valence-electron chi connectivity index (χ1n) is 7.56. The largest absolute Gasteiger partial charge is 0.390 e. The standard InChI is InChI=1S/C14H25O4P/c1-3-17-19(16,18-4-2)14-8-11-5-12(9-14)7-13(15,6-11)10-14/h11-12,15H,3-10H2,1-2H3. The lowest BCUT2D eigenvalue weighted by molar-refractivity contribution is -0.121. The Morgan fingerprint density at radius 1 is 1.11 bits per heavy atom. The normalized spacial score (nSPS) is 44.8. The highest BCUT2D eigenvalue weighted by molar-refractivity contribution is 7.55. The van der Waals surface area contributed by atoms with E-state index in [2.05, 4.69) is 0 Å². The molecule has 110 valence electrons. The van der Waals surface area contributed by atoms with Crippen LogP contribution in [0.1, 0.15) is 52.4 Å². The lowest BCUT2D eigenvalue weighted by Crippen LogP contribution is -2.59. The number of rotatable bonds is 5. The first kappa shape index (κ1) is 14.1. The highest BCUT2D eigenvalue weighted by Crippen LogP contribution is 2.74. The van der Waals surface area contributed by atoms with Crippen LogP contribution in [0.25, 0.3) is 0 Å². The van der Waals surface area contributed by atoms with Crippen molar-refractivity contribution in [2.45, 2.75) is 63.1 Å². The van der Waals surface area contributed by atoms with Crippen LogP contribution in [0.5, 0.6) is 0 Å². The molecule has 0 radical (unpaired) electrons. The smallest absolute Gasteiger partial charge is 0.336 e. The third kappa shape index (κ3) is 2.12. The molecule has 0 spiro atoms. The van der Waals surface area contributed by atoms with E-state index in [-0.39, 0.29) is 0 Å². The minimum absolute atomic E-state index is 0.410. The fourth-order valence-electron chi connectivity index (χ4n) is 5.14. The molecule has 0 amide bonds. The molecule has 0 aliphatic heterocycles. The van der Waals surface area contributed by atoms with Gasteiger partial charge in [-0.05, 0) is 64.2 Å². The summed E-state index contributed by atoms with van der Waals surface area (Å²) in [7, 11) is -3.12. The van der Waals surface area contributed by atoms with Crippen molar-refractivity contribution in [2.24, 2.45) is 11.8 Å². The predicted molar refractivity (Wildman–Crippen MR) is 73.2 cm³/mol. The fraction of sp³-hybridized carbons (Fsp3) is 1.00. The van der Waals surface area contributed by atoms with Crippen LogP contribution in [0.3, 0.4) is 0 Å². The van der Waals surface area contributed by atoms with Gasteiger partial charge in [-0.1, -0.05) is 0 Å². The van der Waals surface area contributed by atoms with Crippen LogP contribution in [0.4, 0.5) is 0 Å². The molecule has 2 unspecified atom stereocenters. The molecule has 4 nitrogen and oxygen atoms in total. The van der Waals surface area contributed by atoms with Crippen molar-refractivity contribution < 1.29 is 18.7 Å². The molecule has 0 saturated heterocycles. The van der Waals surface area contributed by atoms with Crippen LogP contribution in [0.15, 0.2) is 0 Å². The van der Waals surface area contributed by atoms with E-state index in [0.717, 1.165) is 25.7 Å². The van der Waals surface area contributed by atoms with Gasteiger partial charge < -0.3 is 14.2 Å². The van der Waals surface area contributed by atoms with E-state index < -0.39 is 18.4 Å². The van der Waals surface area contributed by atoms with Gasteiger partial charge in [0, 0.05) is 0 Å². The number of hydrogen-bond acceptors (Lipinski definition) is 4. The molecule has 4 saturated carbocycles. The molecule has 4 bridgehead atoms. The molecule has 4 aliphatic rings. The van der Waals surface area contributed by atoms with Crippen LogP contribution in [0.2, 0.25) is 0 Å². The van der Waals surface area contributed by atoms with Crippen LogP contribution in [0, 0.1) is 11.8 Å². The summed E-state index contributed by atoms with van der Waals surface area (Å²) in [4.78, 5) is 0. The Kier molecular flexibility index (Phi) is 3.37. The summed E-state index contributed by atoms with van der Waals surface area (Å²) in [6.07, 6.45) is 5.35. The number of aliphatic hydroxyl groups is 1. The maximum Gasteiger partial charge on any atom is 0.336 e. The highest BCUT2D eigenvalue weighted by atomic mass is 31.2. The zero-order chi connectivity index (χ0) is 13.7. The van der Waals surface area contributed by atoms with Crippen molar-refractivity contribution in [1.82, 2.24) is 0 Å². The summed E-state index contributed by atoms with van der Waals surface area (Å²) in [5.41, 5.74) is -0.617. The van der Waals surface area contributed by atoms with Gasteiger partial charge in [-0.2, -0.15) is 0 Å². The summed E-state index contributed by atoms with van der Waals surface area (Å²) in [6.45, 7) is 4.54. The Morgan fingerprint density at radius 2 is 1.63 bits per heavy atom. The third-order valence-electron chi connectivity index (χ3n) is 5.18. The van der Waals surface area contributed by atoms with Crippen molar-refractivity contribution in [2.75, 3.05) is 13.2 Å². The van der Waals surface area contributed by atoms with Gasteiger partial charge in [0.15, 0.2) is 0 Å². The van der Waals surface area contributed by atoms with Gasteiger partial charge in [0.1, 0.15) is 0 Å². The molecular weight excluding hydrogens is 263 g/mol. The molecule has 4 rings (SSSR count). The molecule has 0 aromatic heterocycles. The van der Waals surface area contributed by atoms with Gasteiger partial charge in [-0.15, -0.1) is 0 Å². The van der Waals surface area contributed by atoms with Gasteiger partial charge in [0.2, 0.25) is 0 Å². The van der Waals surface area contributed by atoms with E-state index in [4.69, 9.17) is 9.05 Å². The highest BCUT2D eigenvalue weighted by Gasteiger charge is 2.65. The molecule has 5 heteroatoms. The first-order chi connectivity index (χ1) is 8.94. The molecule has 4 aliphatic carbocycles. The van der Waals surface area contributed by atoms with Crippen molar-refractivity contribution in [3.8, 4) is 0 Å². The zero-order valence-corrected chi connectivity index (χ0v) is 12.8. The van der Waals surface area contributed by atoms with Crippen LogP contribution < -0.4 is 0 Å². The van der Waals surface area contributed by atoms with Crippen molar-refractivity contribution in [1.29, 1.82) is 0 Å². The quantitative estimate of drug-likeness (QED) is 0.788. The molecule has 0 aromatic rings. The summed E-state index contributed by atoms with van der Waals surface area (Å²) < 4.78 is 24.5. The average Bonchev–Trinajstić information content (AvgIpc) is 2.25. The maximum absolute atomic E-state index is 13.3. The van der Waals surface area contributed by atoms with Crippen LogP contribution in [-0.2, 0) is 13.6 Å². The molecule has 0 heterocycles. The monoisotopic (exact) mass is 288 g/mol. The van der Waals surface area contributed by atoms with Crippen LogP contribution in [-0.4, -0.2) is 29.1 Å². The van der Waals surface area contributed by atoms with Crippen molar-refractivity contribution >= 4 is 7.60 Å². The molecule has 4 fully saturated rings. The molecule has 19 heavy (non-hydrogen) atoms. The SMILES string of the molecule is CCOP(=O)(OCC)C12CC3CC(CC(O)(C3)C1)C2. The second-order valence-corrected chi connectivity index (χ2v) is 9.20. The summed E-state index contributed by atoms with van der Waals surface area (Å²) in [6, 6.07) is 0. The minimum Gasteiger partial charge on any atom is -0.390 e. The van der Waals surface area contributed by atoms with Crippen molar-refractivity contribution in [3.05, 3.63) is 0 Å². The first-order valence-corrected chi connectivity index (χ1v) is 9.10. The lowest BCUT2D eigenvalue weighted by Gasteiger charge is -2.60. The maximum atomic E-state index is 13.3. The Labute approximate surface area is 115 Å². The van der Waals surface area contributed by atoms with Gasteiger partial charge in [-0.25, -0.2) is 0 Å². The predicted octanol–water partition coefficient (Wildman–Crippen LogP) is 3.34. The van der Waals surface area contributed by atoms with Crippen LogP contribution >= 0.6 is 7.60 Å². The van der Waals surface area contributed by atoms with Crippen molar-refractivity contribution in [3.63, 3.8) is 0 Å². The summed E-state index contributed by atoms with van der Waals surface area (Å²) in [5.74, 6) is 1.00. The molecular formula is C14H25O4P. The molecule has 1 N–H and O–H groups in total. The number of hydrogen-bond donors (Lipinski definition) is 1. The van der Waals surface area contributed by atoms with E-state index in [1.54, 1.807) is 0 Å². The average molecular weight is 288 g/mol. The second kappa shape index (κ2) is 4.56. The second-order valence-electron chi connectivity index (χ2n) is 6.74. The summed E-state index contributed by atoms with van der Waals surface area (Å²) in [5, 5.41) is 10.3. The minimum atomic E-state index is -3.12. The lowest BCUT2D eigenvalue weighted by atomic mass is 9.54. The van der Waals surface area contributed by atoms with Gasteiger partial charge in [0.25, 0.3) is 0 Å². The van der Waals surface area contributed by atoms with E-state index in [1.165, 1.54) is 6.42 Å². The van der Waals surface area contributed by atoms with E-state index in [9.17, 15) is 9.67 Å². The van der Waals surface area contributed by atoms with Gasteiger partial charge in [0.05, 0.1) is 24.0 Å². The Hall–Kier alpha value is 0.110. The molecule has 2 atom stereocenters. The fourth-order valence-corrected chi connectivity index (χ4v) is 7.89. The Balaban J connectivity index is 1.95. The Morgan fingerprint density at radius 3 is 2.05 bits per heavy atom. The van der Waals surface area contributed by atoms with Gasteiger partial charge >= 0.3 is 7.60 Å². The third-order valence-corrected chi connectivity index (χ3v) is 8.06. The topological polar surface area (TPSA) is 55.8 Å².